The Hall–Kier alpha value is -1.13. The van der Waals surface area contributed by atoms with Gasteiger partial charge in [0.05, 0.1) is 5.02 Å². The van der Waals surface area contributed by atoms with E-state index in [0.29, 0.717) is 13.0 Å². The smallest absolute Gasteiger partial charge is 0.224 e. The van der Waals surface area contributed by atoms with Crippen molar-refractivity contribution < 1.29 is 9.18 Å². The van der Waals surface area contributed by atoms with Crippen LogP contribution in [0.25, 0.3) is 0 Å². The zero-order valence-corrected chi connectivity index (χ0v) is 10.7. The highest BCUT2D eigenvalue weighted by molar-refractivity contribution is 6.30. The highest BCUT2D eigenvalue weighted by Gasteiger charge is 2.11. The van der Waals surface area contributed by atoms with Crippen LogP contribution in [-0.4, -0.2) is 23.9 Å². The standard InChI is InChI=1S/C12H16ClFN2O/c1-8(15)5-12(17)16(2)7-9-3-4-11(14)10(13)6-9/h3-4,6,8H,5,7,15H2,1-2H3. The summed E-state index contributed by atoms with van der Waals surface area (Å²) >= 11 is 5.66. The first-order valence-electron chi connectivity index (χ1n) is 5.33. The Kier molecular flexibility index (Phi) is 4.90. The second-order valence-corrected chi connectivity index (χ2v) is 4.59. The molecule has 0 fully saturated rings. The minimum absolute atomic E-state index is 0.0413. The number of nitrogens with zero attached hydrogens (tertiary/aromatic N) is 1. The molecule has 1 rings (SSSR count). The van der Waals surface area contributed by atoms with Gasteiger partial charge in [0.2, 0.25) is 5.91 Å². The van der Waals surface area contributed by atoms with Crippen molar-refractivity contribution in [2.24, 2.45) is 5.73 Å². The van der Waals surface area contributed by atoms with E-state index in [9.17, 15) is 9.18 Å². The number of carbonyl (C=O) groups is 1. The average Bonchev–Trinajstić information content (AvgIpc) is 2.22. The molecule has 0 heterocycles. The summed E-state index contributed by atoms with van der Waals surface area (Å²) in [6.07, 6.45) is 0.297. The summed E-state index contributed by atoms with van der Waals surface area (Å²) in [5.74, 6) is -0.500. The number of hydrogen-bond donors (Lipinski definition) is 1. The van der Waals surface area contributed by atoms with E-state index in [0.717, 1.165) is 5.56 Å². The van der Waals surface area contributed by atoms with Crippen LogP contribution in [0.15, 0.2) is 18.2 Å². The van der Waals surface area contributed by atoms with Crippen LogP contribution >= 0.6 is 11.6 Å². The first-order chi connectivity index (χ1) is 7.90. The molecule has 0 aliphatic rings. The summed E-state index contributed by atoms with van der Waals surface area (Å²) in [5.41, 5.74) is 6.34. The molecular formula is C12H16ClFN2O. The number of hydrogen-bond acceptors (Lipinski definition) is 2. The fourth-order valence-corrected chi connectivity index (χ4v) is 1.63. The highest BCUT2D eigenvalue weighted by Crippen LogP contribution is 2.17. The largest absolute Gasteiger partial charge is 0.341 e. The summed E-state index contributed by atoms with van der Waals surface area (Å²) in [5, 5.41) is 0.0653. The number of amides is 1. The molecule has 0 bridgehead atoms. The van der Waals surface area contributed by atoms with Crippen molar-refractivity contribution in [2.75, 3.05) is 7.05 Å². The van der Waals surface area contributed by atoms with E-state index in [1.54, 1.807) is 24.9 Å². The molecule has 0 saturated heterocycles. The Balaban J connectivity index is 2.64. The van der Waals surface area contributed by atoms with Crippen LogP contribution in [0, 0.1) is 5.82 Å². The predicted octanol–water partition coefficient (Wildman–Crippen LogP) is 2.17. The fourth-order valence-electron chi connectivity index (χ4n) is 1.43. The maximum absolute atomic E-state index is 12.9. The summed E-state index contributed by atoms with van der Waals surface area (Å²) in [7, 11) is 1.68. The van der Waals surface area contributed by atoms with E-state index < -0.39 is 5.82 Å². The van der Waals surface area contributed by atoms with Crippen molar-refractivity contribution in [3.8, 4) is 0 Å². The summed E-state index contributed by atoms with van der Waals surface area (Å²) in [4.78, 5) is 13.2. The van der Waals surface area contributed by atoms with Crippen molar-refractivity contribution in [2.45, 2.75) is 25.9 Å². The molecule has 0 aromatic heterocycles. The van der Waals surface area contributed by atoms with E-state index in [-0.39, 0.29) is 17.0 Å². The Labute approximate surface area is 105 Å². The number of carbonyl (C=O) groups excluding carboxylic acids is 1. The minimum atomic E-state index is -0.458. The zero-order valence-electron chi connectivity index (χ0n) is 9.91. The lowest BCUT2D eigenvalue weighted by Gasteiger charge is -2.18. The van der Waals surface area contributed by atoms with E-state index in [4.69, 9.17) is 17.3 Å². The van der Waals surface area contributed by atoms with Crippen LogP contribution in [-0.2, 0) is 11.3 Å². The molecule has 2 N–H and O–H groups in total. The van der Waals surface area contributed by atoms with Crippen LogP contribution in [0.5, 0.6) is 0 Å². The Morgan fingerprint density at radius 2 is 2.24 bits per heavy atom. The third kappa shape index (κ3) is 4.32. The van der Waals surface area contributed by atoms with E-state index >= 15 is 0 Å². The van der Waals surface area contributed by atoms with Gasteiger partial charge in [0, 0.05) is 26.1 Å². The Morgan fingerprint density at radius 1 is 1.59 bits per heavy atom. The van der Waals surface area contributed by atoms with E-state index in [2.05, 4.69) is 0 Å². The van der Waals surface area contributed by atoms with Crippen LogP contribution < -0.4 is 5.73 Å². The van der Waals surface area contributed by atoms with Gasteiger partial charge in [0.25, 0.3) is 0 Å². The molecule has 1 aromatic rings. The van der Waals surface area contributed by atoms with Crippen molar-refractivity contribution in [1.82, 2.24) is 4.90 Å². The summed E-state index contributed by atoms with van der Waals surface area (Å²) in [6.45, 7) is 2.17. The third-order valence-corrected chi connectivity index (χ3v) is 2.62. The highest BCUT2D eigenvalue weighted by atomic mass is 35.5. The summed E-state index contributed by atoms with van der Waals surface area (Å²) in [6, 6.07) is 4.26. The van der Waals surface area contributed by atoms with Gasteiger partial charge in [0.15, 0.2) is 0 Å². The quantitative estimate of drug-likeness (QED) is 0.900. The molecule has 3 nitrogen and oxygen atoms in total. The van der Waals surface area contributed by atoms with Gasteiger partial charge in [-0.2, -0.15) is 0 Å². The van der Waals surface area contributed by atoms with Gasteiger partial charge in [-0.25, -0.2) is 4.39 Å². The molecule has 0 radical (unpaired) electrons. The van der Waals surface area contributed by atoms with Gasteiger partial charge in [-0.3, -0.25) is 4.79 Å². The average molecular weight is 259 g/mol. The molecule has 0 aliphatic carbocycles. The molecule has 0 saturated carbocycles. The number of rotatable bonds is 4. The Bertz CT molecular complexity index is 409. The van der Waals surface area contributed by atoms with Gasteiger partial charge in [0.1, 0.15) is 5.82 Å². The molecule has 1 atom stereocenters. The normalized spacial score (nSPS) is 12.3. The SMILES string of the molecule is CC(N)CC(=O)N(C)Cc1ccc(F)c(Cl)c1. The topological polar surface area (TPSA) is 46.3 Å². The minimum Gasteiger partial charge on any atom is -0.341 e. The van der Waals surface area contributed by atoms with Crippen LogP contribution in [0.4, 0.5) is 4.39 Å². The molecule has 1 unspecified atom stereocenters. The van der Waals surface area contributed by atoms with E-state index in [1.165, 1.54) is 12.1 Å². The van der Waals surface area contributed by atoms with Gasteiger partial charge >= 0.3 is 0 Å². The number of nitrogens with two attached hydrogens (primary N) is 1. The molecule has 5 heteroatoms. The van der Waals surface area contributed by atoms with Gasteiger partial charge in [-0.1, -0.05) is 17.7 Å². The Morgan fingerprint density at radius 3 is 2.76 bits per heavy atom. The molecular weight excluding hydrogens is 243 g/mol. The molecule has 94 valence electrons. The molecule has 1 amide bonds. The van der Waals surface area contributed by atoms with Crippen molar-refractivity contribution in [3.63, 3.8) is 0 Å². The lowest BCUT2D eigenvalue weighted by atomic mass is 10.2. The van der Waals surface area contributed by atoms with Crippen molar-refractivity contribution >= 4 is 17.5 Å². The lowest BCUT2D eigenvalue weighted by molar-refractivity contribution is -0.130. The monoisotopic (exact) mass is 258 g/mol. The number of halogens is 2. The second kappa shape index (κ2) is 5.98. The second-order valence-electron chi connectivity index (χ2n) is 4.18. The fraction of sp³-hybridized carbons (Fsp3) is 0.417. The maximum atomic E-state index is 12.9. The van der Waals surface area contributed by atoms with Gasteiger partial charge in [-0.15, -0.1) is 0 Å². The zero-order chi connectivity index (χ0) is 13.0. The van der Waals surface area contributed by atoms with Crippen LogP contribution in [0.1, 0.15) is 18.9 Å². The van der Waals surface area contributed by atoms with Crippen LogP contribution in [0.3, 0.4) is 0 Å². The first-order valence-corrected chi connectivity index (χ1v) is 5.71. The molecule has 0 aliphatic heterocycles. The van der Waals surface area contributed by atoms with Crippen LogP contribution in [0.2, 0.25) is 5.02 Å². The lowest BCUT2D eigenvalue weighted by Crippen LogP contribution is -2.31. The van der Waals surface area contributed by atoms with Crippen molar-refractivity contribution in [3.05, 3.63) is 34.6 Å². The van der Waals surface area contributed by atoms with Crippen molar-refractivity contribution in [1.29, 1.82) is 0 Å². The van der Waals surface area contributed by atoms with Gasteiger partial charge in [-0.05, 0) is 24.6 Å². The van der Waals surface area contributed by atoms with E-state index in [1.807, 2.05) is 0 Å². The third-order valence-electron chi connectivity index (χ3n) is 2.33. The molecule has 0 spiro atoms. The molecule has 17 heavy (non-hydrogen) atoms. The summed E-state index contributed by atoms with van der Waals surface area (Å²) < 4.78 is 12.9. The van der Waals surface area contributed by atoms with Gasteiger partial charge < -0.3 is 10.6 Å². The number of benzene rings is 1. The predicted molar refractivity (Wildman–Crippen MR) is 66.2 cm³/mol. The first kappa shape index (κ1) is 13.9. The molecule has 1 aromatic carbocycles. The maximum Gasteiger partial charge on any atom is 0.224 e.